The minimum absolute atomic E-state index is 0.496. The van der Waals surface area contributed by atoms with E-state index in [1.54, 1.807) is 29.0 Å². The van der Waals surface area contributed by atoms with Crippen LogP contribution in [0.2, 0.25) is 0 Å². The second-order valence-electron chi connectivity index (χ2n) is 4.42. The Morgan fingerprint density at radius 2 is 2.32 bits per heavy atom. The monoisotopic (exact) mass is 293 g/mol. The van der Waals surface area contributed by atoms with Crippen molar-refractivity contribution >= 4 is 32.1 Å². The molecule has 0 aliphatic rings. The number of aromatic nitrogens is 3. The van der Waals surface area contributed by atoms with Gasteiger partial charge in [0.15, 0.2) is 0 Å². The van der Waals surface area contributed by atoms with Gasteiger partial charge in [0.05, 0.1) is 6.10 Å². The molecular weight excluding hydrogens is 278 g/mol. The van der Waals surface area contributed by atoms with Crippen LogP contribution in [0.5, 0.6) is 0 Å². The van der Waals surface area contributed by atoms with Gasteiger partial charge in [0.2, 0.25) is 0 Å². The van der Waals surface area contributed by atoms with Gasteiger partial charge in [-0.2, -0.15) is 5.10 Å². The molecule has 0 bridgehead atoms. The van der Waals surface area contributed by atoms with Gasteiger partial charge >= 0.3 is 0 Å². The van der Waals surface area contributed by atoms with Gasteiger partial charge in [-0.15, -0.1) is 22.7 Å². The van der Waals surface area contributed by atoms with Crippen LogP contribution in [-0.2, 0) is 13.0 Å². The van der Waals surface area contributed by atoms with E-state index in [2.05, 4.69) is 34.5 Å². The van der Waals surface area contributed by atoms with Crippen LogP contribution in [-0.4, -0.2) is 19.9 Å². The van der Waals surface area contributed by atoms with Crippen molar-refractivity contribution in [2.45, 2.75) is 32.4 Å². The first kappa shape index (κ1) is 12.8. The molecular formula is C13H15N3OS2. The first-order valence-electron chi connectivity index (χ1n) is 6.29. The molecule has 0 fully saturated rings. The van der Waals surface area contributed by atoms with Crippen molar-refractivity contribution in [3.63, 3.8) is 0 Å². The van der Waals surface area contributed by atoms with Crippen molar-refractivity contribution in [2.75, 3.05) is 0 Å². The van der Waals surface area contributed by atoms with Crippen LogP contribution in [0, 0.1) is 0 Å². The number of hydrogen-bond donors (Lipinski definition) is 1. The molecule has 0 aliphatic heterocycles. The van der Waals surface area contributed by atoms with E-state index >= 15 is 0 Å². The smallest absolute Gasteiger partial charge is 0.138 e. The molecule has 3 aromatic heterocycles. The zero-order chi connectivity index (χ0) is 13.2. The van der Waals surface area contributed by atoms with Crippen LogP contribution in [0.1, 0.15) is 30.2 Å². The maximum absolute atomic E-state index is 10.3. The minimum Gasteiger partial charge on any atom is -0.387 e. The van der Waals surface area contributed by atoms with Crippen molar-refractivity contribution in [3.8, 4) is 0 Å². The molecule has 0 amide bonds. The normalized spacial score (nSPS) is 13.2. The molecule has 0 spiro atoms. The van der Waals surface area contributed by atoms with Gasteiger partial charge in [-0.1, -0.05) is 6.92 Å². The van der Waals surface area contributed by atoms with Crippen molar-refractivity contribution in [3.05, 3.63) is 34.5 Å². The predicted octanol–water partition coefficient (Wildman–Crippen LogP) is 3.24. The van der Waals surface area contributed by atoms with E-state index in [4.69, 9.17) is 0 Å². The SMILES string of the molecule is CCCn1ncnc1CC(O)c1cc2sccc2s1. The highest BCUT2D eigenvalue weighted by atomic mass is 32.1. The predicted molar refractivity (Wildman–Crippen MR) is 78.7 cm³/mol. The summed E-state index contributed by atoms with van der Waals surface area (Å²) < 4.78 is 4.36. The zero-order valence-corrected chi connectivity index (χ0v) is 12.2. The summed E-state index contributed by atoms with van der Waals surface area (Å²) in [6.45, 7) is 2.96. The molecule has 0 radical (unpaired) electrons. The number of hydrogen-bond acceptors (Lipinski definition) is 5. The quantitative estimate of drug-likeness (QED) is 0.785. The van der Waals surface area contributed by atoms with E-state index in [0.29, 0.717) is 6.42 Å². The summed E-state index contributed by atoms with van der Waals surface area (Å²) >= 11 is 3.37. The fourth-order valence-corrected chi connectivity index (χ4v) is 4.17. The van der Waals surface area contributed by atoms with Gasteiger partial charge in [0.25, 0.3) is 0 Å². The zero-order valence-electron chi connectivity index (χ0n) is 10.6. The lowest BCUT2D eigenvalue weighted by Crippen LogP contribution is -2.09. The third-order valence-electron chi connectivity index (χ3n) is 2.99. The third kappa shape index (κ3) is 2.56. The Hall–Kier alpha value is -1.24. The number of fused-ring (bicyclic) bond motifs is 1. The summed E-state index contributed by atoms with van der Waals surface area (Å²) in [6.07, 6.45) is 2.60. The van der Waals surface area contributed by atoms with Gasteiger partial charge in [-0.3, -0.25) is 4.68 Å². The molecule has 1 atom stereocenters. The number of thiophene rings is 2. The van der Waals surface area contributed by atoms with E-state index in [9.17, 15) is 5.11 Å². The van der Waals surface area contributed by atoms with Crippen LogP contribution in [0.15, 0.2) is 23.8 Å². The van der Waals surface area contributed by atoms with Crippen LogP contribution >= 0.6 is 22.7 Å². The van der Waals surface area contributed by atoms with E-state index in [0.717, 1.165) is 23.7 Å². The van der Waals surface area contributed by atoms with E-state index in [1.165, 1.54) is 9.40 Å². The van der Waals surface area contributed by atoms with Gasteiger partial charge in [-0.05, 0) is 23.9 Å². The van der Waals surface area contributed by atoms with Gasteiger partial charge in [0, 0.05) is 27.2 Å². The topological polar surface area (TPSA) is 50.9 Å². The number of aliphatic hydroxyl groups is 1. The van der Waals surface area contributed by atoms with Crippen LogP contribution in [0.3, 0.4) is 0 Å². The van der Waals surface area contributed by atoms with E-state index in [-0.39, 0.29) is 0 Å². The summed E-state index contributed by atoms with van der Waals surface area (Å²) in [5, 5.41) is 16.6. The fourth-order valence-electron chi connectivity index (χ4n) is 2.07. The molecule has 4 nitrogen and oxygen atoms in total. The highest BCUT2D eigenvalue weighted by Crippen LogP contribution is 2.34. The van der Waals surface area contributed by atoms with Crippen molar-refractivity contribution in [1.29, 1.82) is 0 Å². The highest BCUT2D eigenvalue weighted by molar-refractivity contribution is 7.26. The van der Waals surface area contributed by atoms with Gasteiger partial charge in [0.1, 0.15) is 12.2 Å². The third-order valence-corrected chi connectivity index (χ3v) is 5.19. The van der Waals surface area contributed by atoms with E-state index < -0.39 is 6.10 Å². The first-order valence-corrected chi connectivity index (χ1v) is 7.99. The molecule has 100 valence electrons. The number of aryl methyl sites for hydroxylation is 1. The molecule has 0 aliphatic carbocycles. The van der Waals surface area contributed by atoms with Crippen LogP contribution in [0.4, 0.5) is 0 Å². The Morgan fingerprint density at radius 3 is 3.11 bits per heavy atom. The lowest BCUT2D eigenvalue weighted by Gasteiger charge is -2.09. The standard InChI is InChI=1S/C13H15N3OS2/c1-2-4-16-13(14-8-15-16)6-9(17)11-7-12-10(19-11)3-5-18-12/h3,5,7-9,17H,2,4,6H2,1H3. The molecule has 19 heavy (non-hydrogen) atoms. The Balaban J connectivity index is 1.78. The Morgan fingerprint density at radius 1 is 1.42 bits per heavy atom. The highest BCUT2D eigenvalue weighted by Gasteiger charge is 2.16. The second kappa shape index (κ2) is 5.40. The average molecular weight is 293 g/mol. The van der Waals surface area contributed by atoms with Crippen LogP contribution in [0.25, 0.3) is 9.40 Å². The van der Waals surface area contributed by atoms with Gasteiger partial charge in [-0.25, -0.2) is 4.98 Å². The summed E-state index contributed by atoms with van der Waals surface area (Å²) in [4.78, 5) is 5.25. The Kier molecular flexibility index (Phi) is 3.63. The summed E-state index contributed by atoms with van der Waals surface area (Å²) in [6, 6.07) is 4.18. The van der Waals surface area contributed by atoms with Crippen molar-refractivity contribution in [2.24, 2.45) is 0 Å². The van der Waals surface area contributed by atoms with Gasteiger partial charge < -0.3 is 5.11 Å². The molecule has 1 N–H and O–H groups in total. The van der Waals surface area contributed by atoms with Crippen LogP contribution < -0.4 is 0 Å². The second-order valence-corrected chi connectivity index (χ2v) is 6.48. The molecule has 3 heterocycles. The van der Waals surface area contributed by atoms with Crippen molar-refractivity contribution in [1.82, 2.24) is 14.8 Å². The molecule has 3 aromatic rings. The minimum atomic E-state index is -0.496. The number of aliphatic hydroxyl groups excluding tert-OH is 1. The lowest BCUT2D eigenvalue weighted by molar-refractivity contribution is 0.177. The number of nitrogens with zero attached hydrogens (tertiary/aromatic N) is 3. The average Bonchev–Trinajstić information content (AvgIpc) is 3.04. The molecule has 0 saturated carbocycles. The molecule has 3 rings (SSSR count). The maximum atomic E-state index is 10.3. The molecule has 6 heteroatoms. The Labute approximate surface area is 119 Å². The number of rotatable bonds is 5. The summed E-state index contributed by atoms with van der Waals surface area (Å²) in [5.74, 6) is 0.853. The lowest BCUT2D eigenvalue weighted by atomic mass is 10.2. The maximum Gasteiger partial charge on any atom is 0.138 e. The van der Waals surface area contributed by atoms with E-state index in [1.807, 2.05) is 4.68 Å². The van der Waals surface area contributed by atoms with Crippen molar-refractivity contribution < 1.29 is 5.11 Å². The summed E-state index contributed by atoms with van der Waals surface area (Å²) in [5.41, 5.74) is 0. The first-order chi connectivity index (χ1) is 9.28. The Bertz CT molecular complexity index is 642. The molecule has 0 aromatic carbocycles. The molecule has 0 saturated heterocycles. The fraction of sp³-hybridized carbons (Fsp3) is 0.385. The summed E-state index contributed by atoms with van der Waals surface area (Å²) in [7, 11) is 0. The largest absolute Gasteiger partial charge is 0.387 e. The molecule has 1 unspecified atom stereocenters.